The lowest BCUT2D eigenvalue weighted by atomic mass is 10.2. The molecule has 3 nitrogen and oxygen atoms in total. The van der Waals surface area contributed by atoms with Crippen LogP contribution in [-0.2, 0) is 6.54 Å². The molecule has 0 radical (unpaired) electrons. The predicted octanol–water partition coefficient (Wildman–Crippen LogP) is 1.82. The largest absolute Gasteiger partial charge is 0.382 e. The maximum atomic E-state index is 5.60. The van der Waals surface area contributed by atoms with E-state index in [4.69, 9.17) is 5.73 Å². The first kappa shape index (κ1) is 8.81. The Morgan fingerprint density at radius 2 is 2.00 bits per heavy atom. The van der Waals surface area contributed by atoms with E-state index in [0.717, 1.165) is 12.2 Å². The third-order valence-electron chi connectivity index (χ3n) is 2.18. The molecule has 14 heavy (non-hydrogen) atoms. The Labute approximate surface area is 83.2 Å². The van der Waals surface area contributed by atoms with Crippen LogP contribution >= 0.6 is 0 Å². The molecule has 0 aliphatic rings. The predicted molar refractivity (Wildman–Crippen MR) is 56.9 cm³/mol. The molecule has 1 aromatic carbocycles. The molecule has 2 N–H and O–H groups in total. The van der Waals surface area contributed by atoms with Crippen molar-refractivity contribution in [2.24, 2.45) is 0 Å². The summed E-state index contributed by atoms with van der Waals surface area (Å²) in [5, 5.41) is 4.20. The molecule has 2 aromatic rings. The summed E-state index contributed by atoms with van der Waals surface area (Å²) in [6, 6.07) is 12.1. The van der Waals surface area contributed by atoms with E-state index in [9.17, 15) is 0 Å². The van der Waals surface area contributed by atoms with Crippen LogP contribution in [0.25, 0.3) is 0 Å². The van der Waals surface area contributed by atoms with Crippen molar-refractivity contribution in [3.05, 3.63) is 47.7 Å². The van der Waals surface area contributed by atoms with Crippen LogP contribution in [0.5, 0.6) is 0 Å². The standard InChI is InChI=1S/C11H13N3/c1-9-7-11(12)13-14(9)8-10-5-3-2-4-6-10/h2-7H,8H2,1H3,(H2,12,13). The number of hydrogen-bond acceptors (Lipinski definition) is 2. The lowest BCUT2D eigenvalue weighted by molar-refractivity contribution is 0.668. The van der Waals surface area contributed by atoms with Gasteiger partial charge >= 0.3 is 0 Å². The number of rotatable bonds is 2. The van der Waals surface area contributed by atoms with Crippen molar-refractivity contribution in [2.45, 2.75) is 13.5 Å². The number of hydrogen-bond donors (Lipinski definition) is 1. The van der Waals surface area contributed by atoms with Crippen LogP contribution in [0, 0.1) is 6.92 Å². The second kappa shape index (κ2) is 3.54. The molecule has 0 spiro atoms. The highest BCUT2D eigenvalue weighted by Gasteiger charge is 2.01. The number of anilines is 1. The second-order valence-electron chi connectivity index (χ2n) is 3.35. The fourth-order valence-corrected chi connectivity index (χ4v) is 1.45. The average Bonchev–Trinajstić information content (AvgIpc) is 2.47. The van der Waals surface area contributed by atoms with Crippen LogP contribution in [0.15, 0.2) is 36.4 Å². The van der Waals surface area contributed by atoms with Crippen LogP contribution < -0.4 is 5.73 Å². The molecule has 0 saturated carbocycles. The first-order chi connectivity index (χ1) is 6.75. The third kappa shape index (κ3) is 1.76. The fraction of sp³-hybridized carbons (Fsp3) is 0.182. The highest BCUT2D eigenvalue weighted by atomic mass is 15.3. The molecule has 72 valence electrons. The van der Waals surface area contributed by atoms with Crippen molar-refractivity contribution in [3.63, 3.8) is 0 Å². The summed E-state index contributed by atoms with van der Waals surface area (Å²) in [6.07, 6.45) is 0. The van der Waals surface area contributed by atoms with E-state index in [-0.39, 0.29) is 0 Å². The lowest BCUT2D eigenvalue weighted by Crippen LogP contribution is -2.03. The Hall–Kier alpha value is -1.77. The van der Waals surface area contributed by atoms with Gasteiger partial charge in [0.1, 0.15) is 5.82 Å². The molecule has 0 aliphatic carbocycles. The normalized spacial score (nSPS) is 10.4. The molecule has 0 fully saturated rings. The molecule has 0 unspecified atom stereocenters. The molecule has 3 heteroatoms. The van der Waals surface area contributed by atoms with Gasteiger partial charge in [-0.05, 0) is 12.5 Å². The number of aromatic nitrogens is 2. The zero-order valence-electron chi connectivity index (χ0n) is 8.14. The van der Waals surface area contributed by atoms with Gasteiger partial charge in [-0.3, -0.25) is 4.68 Å². The van der Waals surface area contributed by atoms with E-state index in [2.05, 4.69) is 17.2 Å². The average molecular weight is 187 g/mol. The molecule has 0 bridgehead atoms. The second-order valence-corrected chi connectivity index (χ2v) is 3.35. The number of nitrogens with zero attached hydrogens (tertiary/aromatic N) is 2. The van der Waals surface area contributed by atoms with E-state index in [1.54, 1.807) is 0 Å². The Kier molecular flexibility index (Phi) is 2.23. The van der Waals surface area contributed by atoms with Crippen molar-refractivity contribution < 1.29 is 0 Å². The zero-order valence-corrected chi connectivity index (χ0v) is 8.14. The van der Waals surface area contributed by atoms with Gasteiger partial charge in [-0.1, -0.05) is 30.3 Å². The Morgan fingerprint density at radius 3 is 2.57 bits per heavy atom. The molecule has 0 atom stereocenters. The number of nitrogens with two attached hydrogens (primary N) is 1. The van der Waals surface area contributed by atoms with Crippen LogP contribution in [0.3, 0.4) is 0 Å². The first-order valence-corrected chi connectivity index (χ1v) is 4.59. The van der Waals surface area contributed by atoms with Crippen molar-refractivity contribution in [2.75, 3.05) is 5.73 Å². The van der Waals surface area contributed by atoms with Gasteiger partial charge in [0, 0.05) is 11.8 Å². The van der Waals surface area contributed by atoms with Gasteiger partial charge in [0.25, 0.3) is 0 Å². The summed E-state index contributed by atoms with van der Waals surface area (Å²) in [7, 11) is 0. The SMILES string of the molecule is Cc1cc(N)nn1Cc1ccccc1. The summed E-state index contributed by atoms with van der Waals surface area (Å²) < 4.78 is 1.91. The molecule has 0 aliphatic heterocycles. The zero-order chi connectivity index (χ0) is 9.97. The molecular weight excluding hydrogens is 174 g/mol. The van der Waals surface area contributed by atoms with Crippen molar-refractivity contribution >= 4 is 5.82 Å². The van der Waals surface area contributed by atoms with E-state index in [0.29, 0.717) is 5.82 Å². The minimum Gasteiger partial charge on any atom is -0.382 e. The van der Waals surface area contributed by atoms with Crippen LogP contribution in [-0.4, -0.2) is 9.78 Å². The van der Waals surface area contributed by atoms with E-state index in [1.165, 1.54) is 5.56 Å². The number of nitrogen functional groups attached to an aromatic ring is 1. The maximum Gasteiger partial charge on any atom is 0.145 e. The molecular formula is C11H13N3. The van der Waals surface area contributed by atoms with Crippen LogP contribution in [0.4, 0.5) is 5.82 Å². The molecule has 0 saturated heterocycles. The van der Waals surface area contributed by atoms with Gasteiger partial charge in [-0.15, -0.1) is 0 Å². The topological polar surface area (TPSA) is 43.8 Å². The van der Waals surface area contributed by atoms with Crippen molar-refractivity contribution in [1.29, 1.82) is 0 Å². The fourth-order valence-electron chi connectivity index (χ4n) is 1.45. The first-order valence-electron chi connectivity index (χ1n) is 4.59. The summed E-state index contributed by atoms with van der Waals surface area (Å²) in [5.74, 6) is 0.582. The lowest BCUT2D eigenvalue weighted by Gasteiger charge is -2.03. The number of aryl methyl sites for hydroxylation is 1. The van der Waals surface area contributed by atoms with E-state index in [1.807, 2.05) is 35.9 Å². The monoisotopic (exact) mass is 187 g/mol. The summed E-state index contributed by atoms with van der Waals surface area (Å²) in [6.45, 7) is 2.79. The van der Waals surface area contributed by atoms with E-state index >= 15 is 0 Å². The van der Waals surface area contributed by atoms with Gasteiger partial charge in [0.2, 0.25) is 0 Å². The Bertz CT molecular complexity index is 417. The third-order valence-corrected chi connectivity index (χ3v) is 2.18. The molecule has 1 aromatic heterocycles. The van der Waals surface area contributed by atoms with Gasteiger partial charge in [-0.25, -0.2) is 0 Å². The smallest absolute Gasteiger partial charge is 0.145 e. The van der Waals surface area contributed by atoms with Crippen molar-refractivity contribution in [1.82, 2.24) is 9.78 Å². The highest BCUT2D eigenvalue weighted by molar-refractivity contribution is 5.29. The maximum absolute atomic E-state index is 5.60. The van der Waals surface area contributed by atoms with Gasteiger partial charge in [-0.2, -0.15) is 5.10 Å². The van der Waals surface area contributed by atoms with E-state index < -0.39 is 0 Å². The van der Waals surface area contributed by atoms with Crippen LogP contribution in [0.1, 0.15) is 11.3 Å². The summed E-state index contributed by atoms with van der Waals surface area (Å²) in [4.78, 5) is 0. The quantitative estimate of drug-likeness (QED) is 0.779. The van der Waals surface area contributed by atoms with Crippen molar-refractivity contribution in [3.8, 4) is 0 Å². The summed E-state index contributed by atoms with van der Waals surface area (Å²) >= 11 is 0. The Balaban J connectivity index is 2.23. The molecule has 0 amide bonds. The summed E-state index contributed by atoms with van der Waals surface area (Å²) in [5.41, 5.74) is 7.93. The van der Waals surface area contributed by atoms with Crippen LogP contribution in [0.2, 0.25) is 0 Å². The highest BCUT2D eigenvalue weighted by Crippen LogP contribution is 2.07. The minimum absolute atomic E-state index is 0.582. The molecule has 2 rings (SSSR count). The van der Waals surface area contributed by atoms with Gasteiger partial charge in [0.15, 0.2) is 0 Å². The minimum atomic E-state index is 0.582. The number of benzene rings is 1. The Morgan fingerprint density at radius 1 is 1.29 bits per heavy atom. The van der Waals surface area contributed by atoms with Gasteiger partial charge in [0.05, 0.1) is 6.54 Å². The van der Waals surface area contributed by atoms with Gasteiger partial charge < -0.3 is 5.73 Å². The molecule has 1 heterocycles.